The number of rotatable bonds is 5. The van der Waals surface area contributed by atoms with Crippen LogP contribution in [0.1, 0.15) is 12.8 Å². The van der Waals surface area contributed by atoms with Gasteiger partial charge in [-0.25, -0.2) is 15.0 Å². The molecule has 1 aliphatic heterocycles. The molecular formula is C15H18N6OS. The second kappa shape index (κ2) is 7.87. The molecule has 0 aromatic carbocycles. The average molecular weight is 330 g/mol. The van der Waals surface area contributed by atoms with Gasteiger partial charge in [-0.2, -0.15) is 0 Å². The van der Waals surface area contributed by atoms with E-state index in [1.165, 1.54) is 11.8 Å². The van der Waals surface area contributed by atoms with Crippen molar-refractivity contribution in [1.82, 2.24) is 25.3 Å². The van der Waals surface area contributed by atoms with Crippen molar-refractivity contribution in [2.24, 2.45) is 0 Å². The molecule has 3 heterocycles. The summed E-state index contributed by atoms with van der Waals surface area (Å²) < 4.78 is 0. The first-order valence-electron chi connectivity index (χ1n) is 7.51. The second-order valence-corrected chi connectivity index (χ2v) is 6.18. The van der Waals surface area contributed by atoms with Crippen LogP contribution in [0.15, 0.2) is 42.2 Å². The Morgan fingerprint density at radius 2 is 2.13 bits per heavy atom. The van der Waals surface area contributed by atoms with Gasteiger partial charge in [0.15, 0.2) is 5.16 Å². The van der Waals surface area contributed by atoms with Gasteiger partial charge in [0.25, 0.3) is 0 Å². The number of nitrogens with zero attached hydrogens (tertiary/aromatic N) is 5. The maximum absolute atomic E-state index is 12.1. The third-order valence-electron chi connectivity index (χ3n) is 3.53. The number of hydrogen-bond acceptors (Lipinski definition) is 7. The largest absolute Gasteiger partial charge is 0.353 e. The van der Waals surface area contributed by atoms with Crippen LogP contribution >= 0.6 is 11.8 Å². The van der Waals surface area contributed by atoms with Gasteiger partial charge in [0.2, 0.25) is 5.91 Å². The zero-order valence-electron chi connectivity index (χ0n) is 12.6. The molecule has 8 heteroatoms. The number of anilines is 1. The first kappa shape index (κ1) is 15.7. The highest BCUT2D eigenvalue weighted by atomic mass is 32.2. The number of amides is 1. The maximum atomic E-state index is 12.1. The van der Waals surface area contributed by atoms with Gasteiger partial charge >= 0.3 is 0 Å². The fourth-order valence-electron chi connectivity index (χ4n) is 2.52. The molecule has 3 rings (SSSR count). The highest BCUT2D eigenvalue weighted by Crippen LogP contribution is 2.17. The molecule has 1 aliphatic rings. The molecule has 0 aliphatic carbocycles. The number of nitrogens with one attached hydrogen (secondary N) is 1. The molecule has 1 atom stereocenters. The van der Waals surface area contributed by atoms with Crippen molar-refractivity contribution in [3.8, 4) is 0 Å². The van der Waals surface area contributed by atoms with Crippen LogP contribution in [0.3, 0.4) is 0 Å². The Hall–Kier alpha value is -2.22. The van der Waals surface area contributed by atoms with Gasteiger partial charge < -0.3 is 10.2 Å². The molecular weight excluding hydrogens is 312 g/mol. The number of hydrogen-bond donors (Lipinski definition) is 1. The van der Waals surface area contributed by atoms with Gasteiger partial charge in [0.05, 0.1) is 11.9 Å². The smallest absolute Gasteiger partial charge is 0.230 e. The summed E-state index contributed by atoms with van der Waals surface area (Å²) in [5, 5.41) is 3.70. The van der Waals surface area contributed by atoms with E-state index >= 15 is 0 Å². The van der Waals surface area contributed by atoms with Crippen molar-refractivity contribution >= 4 is 23.5 Å². The van der Waals surface area contributed by atoms with Crippen molar-refractivity contribution < 1.29 is 4.79 Å². The third kappa shape index (κ3) is 4.62. The van der Waals surface area contributed by atoms with Crippen LogP contribution in [0, 0.1) is 0 Å². The van der Waals surface area contributed by atoms with Crippen LogP contribution in [-0.4, -0.2) is 50.7 Å². The molecule has 1 saturated heterocycles. The lowest BCUT2D eigenvalue weighted by atomic mass is 10.1. The standard InChI is InChI=1S/C15H18N6OS/c22-14(11-23-15-18-4-2-5-19-15)20-12-3-1-8-21(10-12)13-9-16-6-7-17-13/h2,4-7,9,12H,1,3,8,10-11H2,(H,20,22)/t12-/m0/s1. The Labute approximate surface area is 139 Å². The van der Waals surface area contributed by atoms with Crippen LogP contribution in [0.4, 0.5) is 5.82 Å². The zero-order valence-corrected chi connectivity index (χ0v) is 13.4. The maximum Gasteiger partial charge on any atom is 0.230 e. The van der Waals surface area contributed by atoms with Crippen LogP contribution in [0.2, 0.25) is 0 Å². The first-order valence-corrected chi connectivity index (χ1v) is 8.50. The fourth-order valence-corrected chi connectivity index (χ4v) is 3.13. The van der Waals surface area contributed by atoms with E-state index in [0.29, 0.717) is 10.9 Å². The molecule has 0 saturated carbocycles. The van der Waals surface area contributed by atoms with Crippen LogP contribution in [0.25, 0.3) is 0 Å². The number of piperidine rings is 1. The van der Waals surface area contributed by atoms with Crippen molar-refractivity contribution in [3.63, 3.8) is 0 Å². The molecule has 0 spiro atoms. The van der Waals surface area contributed by atoms with E-state index in [9.17, 15) is 4.79 Å². The average Bonchev–Trinajstić information content (AvgIpc) is 2.62. The second-order valence-electron chi connectivity index (χ2n) is 5.24. The summed E-state index contributed by atoms with van der Waals surface area (Å²) >= 11 is 1.34. The lowest BCUT2D eigenvalue weighted by Crippen LogP contribution is -2.48. The summed E-state index contributed by atoms with van der Waals surface area (Å²) in [6.45, 7) is 1.70. The number of aromatic nitrogens is 4. The predicted octanol–water partition coefficient (Wildman–Crippen LogP) is 1.14. The number of carbonyl (C=O) groups is 1. The topological polar surface area (TPSA) is 83.9 Å². The van der Waals surface area contributed by atoms with Gasteiger partial charge in [0, 0.05) is 43.9 Å². The molecule has 0 bridgehead atoms. The molecule has 120 valence electrons. The molecule has 2 aromatic heterocycles. The Bertz CT molecular complexity index is 626. The minimum Gasteiger partial charge on any atom is -0.353 e. The molecule has 7 nitrogen and oxygen atoms in total. The van der Waals surface area contributed by atoms with Gasteiger partial charge in [-0.1, -0.05) is 11.8 Å². The van der Waals surface area contributed by atoms with E-state index in [4.69, 9.17) is 0 Å². The van der Waals surface area contributed by atoms with Crippen LogP contribution in [0.5, 0.6) is 0 Å². The molecule has 1 fully saturated rings. The molecule has 1 amide bonds. The molecule has 0 radical (unpaired) electrons. The summed E-state index contributed by atoms with van der Waals surface area (Å²) in [7, 11) is 0. The van der Waals surface area contributed by atoms with E-state index in [1.807, 2.05) is 0 Å². The van der Waals surface area contributed by atoms with Crippen molar-refractivity contribution in [3.05, 3.63) is 37.1 Å². The summed E-state index contributed by atoms with van der Waals surface area (Å²) in [6, 6.07) is 1.89. The monoisotopic (exact) mass is 330 g/mol. The van der Waals surface area contributed by atoms with Crippen molar-refractivity contribution in [2.45, 2.75) is 24.0 Å². The lowest BCUT2D eigenvalue weighted by Gasteiger charge is -2.33. The SMILES string of the molecule is O=C(CSc1ncccn1)N[C@H]1CCCN(c2cnccn2)C1. The third-order valence-corrected chi connectivity index (χ3v) is 4.41. The minimum atomic E-state index is 0.00782. The lowest BCUT2D eigenvalue weighted by molar-refractivity contribution is -0.119. The predicted molar refractivity (Wildman–Crippen MR) is 88.2 cm³/mol. The summed E-state index contributed by atoms with van der Waals surface area (Å²) in [6.07, 6.45) is 10.5. The highest BCUT2D eigenvalue weighted by Gasteiger charge is 2.22. The number of thioether (sulfide) groups is 1. The Balaban J connectivity index is 1.48. The van der Waals surface area contributed by atoms with Gasteiger partial charge in [-0.15, -0.1) is 0 Å². The van der Waals surface area contributed by atoms with Crippen molar-refractivity contribution in [1.29, 1.82) is 0 Å². The highest BCUT2D eigenvalue weighted by molar-refractivity contribution is 7.99. The van der Waals surface area contributed by atoms with E-state index in [2.05, 4.69) is 30.2 Å². The Morgan fingerprint density at radius 3 is 2.91 bits per heavy atom. The summed E-state index contributed by atoms with van der Waals surface area (Å²) in [5.74, 6) is 1.19. The van der Waals surface area contributed by atoms with Gasteiger partial charge in [-0.3, -0.25) is 9.78 Å². The zero-order chi connectivity index (χ0) is 15.9. The van der Waals surface area contributed by atoms with Crippen molar-refractivity contribution in [2.75, 3.05) is 23.7 Å². The minimum absolute atomic E-state index is 0.00782. The molecule has 2 aromatic rings. The van der Waals surface area contributed by atoms with E-state index in [1.54, 1.807) is 37.1 Å². The van der Waals surface area contributed by atoms with E-state index < -0.39 is 0 Å². The Kier molecular flexibility index (Phi) is 5.36. The summed E-state index contributed by atoms with van der Waals surface area (Å²) in [5.41, 5.74) is 0. The normalized spacial score (nSPS) is 17.7. The number of carbonyl (C=O) groups excluding carboxylic acids is 1. The Morgan fingerprint density at radius 1 is 1.26 bits per heavy atom. The fraction of sp³-hybridized carbons (Fsp3) is 0.400. The van der Waals surface area contributed by atoms with Gasteiger partial charge in [0.1, 0.15) is 5.82 Å². The first-order chi connectivity index (χ1) is 11.3. The van der Waals surface area contributed by atoms with Crippen LogP contribution in [-0.2, 0) is 4.79 Å². The summed E-state index contributed by atoms with van der Waals surface area (Å²) in [4.78, 5) is 30.9. The molecule has 0 unspecified atom stereocenters. The van der Waals surface area contributed by atoms with E-state index in [0.717, 1.165) is 31.7 Å². The van der Waals surface area contributed by atoms with E-state index in [-0.39, 0.29) is 11.9 Å². The van der Waals surface area contributed by atoms with Crippen LogP contribution < -0.4 is 10.2 Å². The molecule has 23 heavy (non-hydrogen) atoms. The van der Waals surface area contributed by atoms with Gasteiger partial charge in [-0.05, 0) is 18.9 Å². The quantitative estimate of drug-likeness (QED) is 0.650. The molecule has 1 N–H and O–H groups in total.